The van der Waals surface area contributed by atoms with Crippen LogP contribution in [0, 0.1) is 5.82 Å². The van der Waals surface area contributed by atoms with E-state index in [9.17, 15) is 14.0 Å². The van der Waals surface area contributed by atoms with Crippen LogP contribution in [0.15, 0.2) is 48.5 Å². The molecule has 7 nitrogen and oxygen atoms in total. The predicted molar refractivity (Wildman–Crippen MR) is 137 cm³/mol. The van der Waals surface area contributed by atoms with Crippen LogP contribution in [0.5, 0.6) is 0 Å². The minimum atomic E-state index is -0.294. The number of aromatic nitrogens is 2. The standard InChI is InChI=1S/C28H32FN5O2/c1-2-20-7-3-5-9-24(20)30-26(35)19-32-15-17-33(18-16-32)28(36)27-23-8-4-6-10-25(23)34(31-27)22-13-11-21(29)12-14-22/h3,5,7,9,11-14H,2,4,6,8,10,15-19H2,1H3,(H,30,35). The van der Waals surface area contributed by atoms with E-state index in [0.29, 0.717) is 38.4 Å². The van der Waals surface area contributed by atoms with Gasteiger partial charge in [-0.2, -0.15) is 5.10 Å². The molecule has 2 heterocycles. The van der Waals surface area contributed by atoms with Gasteiger partial charge in [-0.05, 0) is 68.0 Å². The molecule has 8 heteroatoms. The highest BCUT2D eigenvalue weighted by molar-refractivity contribution is 5.95. The number of carbonyl (C=O) groups is 2. The number of benzene rings is 2. The molecule has 0 saturated carbocycles. The second-order valence-corrected chi connectivity index (χ2v) is 9.50. The summed E-state index contributed by atoms with van der Waals surface area (Å²) in [5.41, 5.74) is 5.33. The largest absolute Gasteiger partial charge is 0.335 e. The van der Waals surface area contributed by atoms with Crippen molar-refractivity contribution in [1.29, 1.82) is 0 Å². The summed E-state index contributed by atoms with van der Waals surface area (Å²) in [6, 6.07) is 14.1. The van der Waals surface area contributed by atoms with Crippen molar-refractivity contribution in [3.05, 3.63) is 76.9 Å². The van der Waals surface area contributed by atoms with Gasteiger partial charge < -0.3 is 10.2 Å². The fraction of sp³-hybridized carbons (Fsp3) is 0.393. The van der Waals surface area contributed by atoms with E-state index in [2.05, 4.69) is 17.1 Å². The smallest absolute Gasteiger partial charge is 0.274 e. The molecule has 1 aromatic heterocycles. The molecule has 2 amide bonds. The van der Waals surface area contributed by atoms with Crippen molar-refractivity contribution in [3.63, 3.8) is 0 Å². The maximum absolute atomic E-state index is 13.5. The van der Waals surface area contributed by atoms with E-state index in [0.717, 1.165) is 60.3 Å². The Balaban J connectivity index is 1.23. The molecule has 3 aromatic rings. The summed E-state index contributed by atoms with van der Waals surface area (Å²) in [4.78, 5) is 30.1. The number of para-hydroxylation sites is 1. The molecular weight excluding hydrogens is 457 g/mol. The summed E-state index contributed by atoms with van der Waals surface area (Å²) in [5, 5.41) is 7.75. The zero-order valence-electron chi connectivity index (χ0n) is 20.7. The molecule has 0 spiro atoms. The zero-order valence-corrected chi connectivity index (χ0v) is 20.7. The Morgan fingerprint density at radius 2 is 1.69 bits per heavy atom. The van der Waals surface area contributed by atoms with Gasteiger partial charge in [-0.3, -0.25) is 14.5 Å². The Labute approximate surface area is 210 Å². The summed E-state index contributed by atoms with van der Waals surface area (Å²) in [7, 11) is 0. The zero-order chi connectivity index (χ0) is 25.1. The summed E-state index contributed by atoms with van der Waals surface area (Å²) in [6.45, 7) is 4.74. The lowest BCUT2D eigenvalue weighted by Gasteiger charge is -2.34. The SMILES string of the molecule is CCc1ccccc1NC(=O)CN1CCN(C(=O)c2nn(-c3ccc(F)cc3)c3c2CCCC3)CC1. The number of carbonyl (C=O) groups excluding carboxylic acids is 2. The third-order valence-electron chi connectivity index (χ3n) is 7.15. The molecule has 1 N–H and O–H groups in total. The molecule has 1 aliphatic heterocycles. The van der Waals surface area contributed by atoms with E-state index in [1.165, 1.54) is 12.1 Å². The highest BCUT2D eigenvalue weighted by Crippen LogP contribution is 2.28. The average Bonchev–Trinajstić information content (AvgIpc) is 3.29. The van der Waals surface area contributed by atoms with Crippen LogP contribution in [-0.2, 0) is 24.1 Å². The van der Waals surface area contributed by atoms with Crippen molar-refractivity contribution in [2.24, 2.45) is 0 Å². The Bertz CT molecular complexity index is 1250. The first-order valence-corrected chi connectivity index (χ1v) is 12.8. The van der Waals surface area contributed by atoms with Crippen molar-refractivity contribution < 1.29 is 14.0 Å². The maximum atomic E-state index is 13.5. The van der Waals surface area contributed by atoms with Gasteiger partial charge in [0.05, 0.1) is 12.2 Å². The van der Waals surface area contributed by atoms with Gasteiger partial charge in [0.2, 0.25) is 5.91 Å². The fourth-order valence-electron chi connectivity index (χ4n) is 5.17. The van der Waals surface area contributed by atoms with Gasteiger partial charge in [0.25, 0.3) is 5.91 Å². The molecule has 0 radical (unpaired) electrons. The topological polar surface area (TPSA) is 70.5 Å². The van der Waals surface area contributed by atoms with Gasteiger partial charge in [0, 0.05) is 43.1 Å². The normalized spacial score (nSPS) is 16.0. The van der Waals surface area contributed by atoms with E-state index >= 15 is 0 Å². The first kappa shape index (κ1) is 24.2. The highest BCUT2D eigenvalue weighted by atomic mass is 19.1. The first-order chi connectivity index (χ1) is 17.5. The van der Waals surface area contributed by atoms with Crippen molar-refractivity contribution in [2.75, 3.05) is 38.0 Å². The molecule has 2 aliphatic rings. The lowest BCUT2D eigenvalue weighted by molar-refractivity contribution is -0.117. The molecule has 1 saturated heterocycles. The number of fused-ring (bicyclic) bond motifs is 1. The monoisotopic (exact) mass is 489 g/mol. The van der Waals surface area contributed by atoms with Gasteiger partial charge in [0.1, 0.15) is 5.82 Å². The molecule has 188 valence electrons. The van der Waals surface area contributed by atoms with Crippen LogP contribution in [0.3, 0.4) is 0 Å². The number of halogens is 1. The summed E-state index contributed by atoms with van der Waals surface area (Å²) in [6.07, 6.45) is 4.63. The third-order valence-corrected chi connectivity index (χ3v) is 7.15. The van der Waals surface area contributed by atoms with Crippen molar-refractivity contribution >= 4 is 17.5 Å². The second-order valence-electron chi connectivity index (χ2n) is 9.50. The minimum Gasteiger partial charge on any atom is -0.335 e. The van der Waals surface area contributed by atoms with E-state index in [1.807, 2.05) is 33.8 Å². The number of nitrogens with one attached hydrogen (secondary N) is 1. The van der Waals surface area contributed by atoms with Crippen LogP contribution >= 0.6 is 0 Å². The highest BCUT2D eigenvalue weighted by Gasteiger charge is 2.30. The van der Waals surface area contributed by atoms with E-state index < -0.39 is 0 Å². The Morgan fingerprint density at radius 1 is 0.972 bits per heavy atom. The van der Waals surface area contributed by atoms with E-state index in [1.54, 1.807) is 12.1 Å². The maximum Gasteiger partial charge on any atom is 0.274 e. The number of hydrogen-bond donors (Lipinski definition) is 1. The molecule has 0 unspecified atom stereocenters. The average molecular weight is 490 g/mol. The lowest BCUT2D eigenvalue weighted by Crippen LogP contribution is -2.50. The number of hydrogen-bond acceptors (Lipinski definition) is 4. The van der Waals surface area contributed by atoms with Crippen molar-refractivity contribution in [3.8, 4) is 5.69 Å². The van der Waals surface area contributed by atoms with Crippen LogP contribution in [0.25, 0.3) is 5.69 Å². The summed E-state index contributed by atoms with van der Waals surface area (Å²) >= 11 is 0. The molecule has 5 rings (SSSR count). The lowest BCUT2D eigenvalue weighted by atomic mass is 9.95. The van der Waals surface area contributed by atoms with Crippen molar-refractivity contribution in [2.45, 2.75) is 39.0 Å². The predicted octanol–water partition coefficient (Wildman–Crippen LogP) is 3.85. The number of amides is 2. The van der Waals surface area contributed by atoms with Crippen LogP contribution in [-0.4, -0.2) is 64.1 Å². The Kier molecular flexibility index (Phi) is 7.13. The number of piperazine rings is 1. The second kappa shape index (κ2) is 10.6. The number of anilines is 1. The van der Waals surface area contributed by atoms with Gasteiger partial charge in [-0.25, -0.2) is 9.07 Å². The molecule has 1 aliphatic carbocycles. The molecule has 36 heavy (non-hydrogen) atoms. The molecule has 0 atom stereocenters. The number of rotatable bonds is 6. The van der Waals surface area contributed by atoms with Gasteiger partial charge >= 0.3 is 0 Å². The van der Waals surface area contributed by atoms with Gasteiger partial charge in [0.15, 0.2) is 5.69 Å². The Morgan fingerprint density at radius 3 is 2.44 bits per heavy atom. The third kappa shape index (κ3) is 5.04. The minimum absolute atomic E-state index is 0.0391. The summed E-state index contributed by atoms with van der Waals surface area (Å²) in [5.74, 6) is -0.394. The van der Waals surface area contributed by atoms with Crippen molar-refractivity contribution in [1.82, 2.24) is 19.6 Å². The fourth-order valence-corrected chi connectivity index (χ4v) is 5.17. The number of nitrogens with zero attached hydrogens (tertiary/aromatic N) is 4. The van der Waals surface area contributed by atoms with Crippen LogP contribution < -0.4 is 5.32 Å². The first-order valence-electron chi connectivity index (χ1n) is 12.8. The van der Waals surface area contributed by atoms with Crippen LogP contribution in [0.2, 0.25) is 0 Å². The van der Waals surface area contributed by atoms with E-state index in [4.69, 9.17) is 5.10 Å². The summed E-state index contributed by atoms with van der Waals surface area (Å²) < 4.78 is 15.3. The van der Waals surface area contributed by atoms with Crippen LogP contribution in [0.1, 0.15) is 47.1 Å². The van der Waals surface area contributed by atoms with E-state index in [-0.39, 0.29) is 17.6 Å². The molecule has 0 bridgehead atoms. The molecular formula is C28H32FN5O2. The quantitative estimate of drug-likeness (QED) is 0.571. The Hall–Kier alpha value is -3.52. The number of aryl methyl sites for hydroxylation is 1. The van der Waals surface area contributed by atoms with Gasteiger partial charge in [-0.1, -0.05) is 25.1 Å². The van der Waals surface area contributed by atoms with Gasteiger partial charge in [-0.15, -0.1) is 0 Å². The molecule has 1 fully saturated rings. The molecule has 2 aromatic carbocycles. The van der Waals surface area contributed by atoms with Crippen LogP contribution in [0.4, 0.5) is 10.1 Å².